The number of anilines is 2. The molecular weight excluding hydrogens is 645 g/mol. The van der Waals surface area contributed by atoms with E-state index in [-0.39, 0.29) is 12.7 Å². The van der Waals surface area contributed by atoms with Gasteiger partial charge in [-0.3, -0.25) is 4.90 Å². The van der Waals surface area contributed by atoms with E-state index in [4.69, 9.17) is 24.2 Å². The zero-order valence-electron chi connectivity index (χ0n) is 27.5. The molecule has 2 fully saturated rings. The Hall–Kier alpha value is -3.57. The Bertz CT molecular complexity index is 1790. The normalized spacial score (nSPS) is 17.0. The zero-order chi connectivity index (χ0) is 32.9. The summed E-state index contributed by atoms with van der Waals surface area (Å²) in [5.41, 5.74) is 6.80. The number of morpholine rings is 1. The number of carbonyl (C=O) groups excluding carboxylic acids is 1. The van der Waals surface area contributed by atoms with Gasteiger partial charge in [-0.15, -0.1) is 0 Å². The van der Waals surface area contributed by atoms with Crippen LogP contribution in [0.1, 0.15) is 28.8 Å². The van der Waals surface area contributed by atoms with Crippen LogP contribution in [0.15, 0.2) is 54.7 Å². The molecule has 2 aromatic heterocycles. The molecule has 11 nitrogen and oxygen atoms in total. The molecule has 0 bridgehead atoms. The summed E-state index contributed by atoms with van der Waals surface area (Å²) in [4.78, 5) is 31.9. The molecule has 0 radical (unpaired) electrons. The van der Waals surface area contributed by atoms with Gasteiger partial charge in [-0.2, -0.15) is 0 Å². The van der Waals surface area contributed by atoms with Crippen LogP contribution in [0.4, 0.5) is 16.3 Å². The standard InChI is InChI=1S/C35H43N7O4PS/c1-26-8-9-31-29(11-14-42(31)48-47)32(26)41-13-10-28-30(24-41)36-34(45-21-5-12-38-19-22-44-23-20-38)37-33(28)39-15-17-40(18-16-39)35(43)46-25-27-6-3-2-4-7-27/h2-4,6-9,11,14,48H,5,10,12-13,15-25H2,1H3/q-1. The van der Waals surface area contributed by atoms with Gasteiger partial charge in [0.05, 0.1) is 13.2 Å². The molecule has 0 spiro atoms. The number of fused-ring (bicyclic) bond motifs is 2. The summed E-state index contributed by atoms with van der Waals surface area (Å²) in [7, 11) is 5.40. The molecule has 2 aromatic carbocycles. The number of piperazine rings is 1. The number of aryl methyl sites for hydroxylation is 1. The summed E-state index contributed by atoms with van der Waals surface area (Å²) < 4.78 is 19.5. The average Bonchev–Trinajstić information content (AvgIpc) is 3.56. The van der Waals surface area contributed by atoms with Crippen LogP contribution in [0.25, 0.3) is 10.9 Å². The summed E-state index contributed by atoms with van der Waals surface area (Å²) in [5.74, 6) is 0.926. The number of hydrogen-bond donors (Lipinski definition) is 0. The van der Waals surface area contributed by atoms with Crippen LogP contribution in [-0.2, 0) is 40.0 Å². The number of nitrogens with zero attached hydrogens (tertiary/aromatic N) is 7. The Balaban J connectivity index is 1.08. The molecule has 0 aliphatic carbocycles. The minimum absolute atomic E-state index is 0.272. The van der Waals surface area contributed by atoms with Gasteiger partial charge in [0.2, 0.25) is 0 Å². The van der Waals surface area contributed by atoms with Gasteiger partial charge in [0.15, 0.2) is 0 Å². The van der Waals surface area contributed by atoms with Crippen LogP contribution in [0.5, 0.6) is 6.01 Å². The van der Waals surface area contributed by atoms with E-state index in [9.17, 15) is 4.79 Å². The van der Waals surface area contributed by atoms with Crippen LogP contribution in [0, 0.1) is 6.92 Å². The molecule has 0 atom stereocenters. The summed E-state index contributed by atoms with van der Waals surface area (Å²) in [5, 5.41) is 1.23. The Labute approximate surface area is 287 Å². The van der Waals surface area contributed by atoms with Crippen molar-refractivity contribution in [3.63, 3.8) is 0 Å². The van der Waals surface area contributed by atoms with E-state index in [0.717, 1.165) is 80.2 Å². The van der Waals surface area contributed by atoms with Crippen molar-refractivity contribution in [3.05, 3.63) is 77.1 Å². The Morgan fingerprint density at radius 2 is 1.77 bits per heavy atom. The number of thiol groups is 1. The third kappa shape index (κ3) is 7.37. The van der Waals surface area contributed by atoms with Gasteiger partial charge in [0.1, 0.15) is 6.61 Å². The molecule has 3 aliphatic heterocycles. The molecule has 254 valence electrons. The average molecular weight is 689 g/mol. The predicted octanol–water partition coefficient (Wildman–Crippen LogP) is 4.77. The third-order valence-electron chi connectivity index (χ3n) is 9.46. The molecule has 2 saturated heterocycles. The van der Waals surface area contributed by atoms with Crippen molar-refractivity contribution < 1.29 is 19.0 Å². The second-order valence-electron chi connectivity index (χ2n) is 12.5. The van der Waals surface area contributed by atoms with Gasteiger partial charge < -0.3 is 14.4 Å². The van der Waals surface area contributed by atoms with Gasteiger partial charge >= 0.3 is 169 Å². The van der Waals surface area contributed by atoms with Gasteiger partial charge in [-0.05, 0) is 12.0 Å². The van der Waals surface area contributed by atoms with Crippen LogP contribution in [0.2, 0.25) is 0 Å². The molecule has 0 N–H and O–H groups in total. The number of hydrogen-bond acceptors (Lipinski definition) is 10. The van der Waals surface area contributed by atoms with Crippen molar-refractivity contribution >= 4 is 47.2 Å². The maximum absolute atomic E-state index is 12.9. The third-order valence-corrected chi connectivity index (χ3v) is 10.6. The monoisotopic (exact) mass is 688 g/mol. The van der Waals surface area contributed by atoms with Crippen molar-refractivity contribution in [2.75, 3.05) is 82.0 Å². The maximum atomic E-state index is 12.9. The molecule has 13 heteroatoms. The summed E-state index contributed by atoms with van der Waals surface area (Å²) in [6.07, 6.45) is 3.54. The number of benzene rings is 2. The fourth-order valence-electron chi connectivity index (χ4n) is 6.89. The SMILES string of the molecule is Cc1ccc2c(ccn2[SH-]#P)c1N1CCc2c(nc(OCCCN3CCOCC3)nc2N2CCN(C(=O)OCc3ccccc3)CC2)C1. The van der Waals surface area contributed by atoms with Gasteiger partial charge in [0, 0.05) is 32.7 Å². The Kier molecular flexibility index (Phi) is 10.5. The molecule has 0 unspecified atom stereocenters. The van der Waals surface area contributed by atoms with Crippen LogP contribution < -0.4 is 14.5 Å². The number of amides is 1. The van der Waals surface area contributed by atoms with Crippen LogP contribution >= 0.6 is 7.81 Å². The molecule has 48 heavy (non-hydrogen) atoms. The quantitative estimate of drug-likeness (QED) is 0.107. The number of rotatable bonds is 9. The van der Waals surface area contributed by atoms with Crippen molar-refractivity contribution in [2.24, 2.45) is 0 Å². The van der Waals surface area contributed by atoms with Crippen LogP contribution in [0.3, 0.4) is 0 Å². The fraction of sp³-hybridized carbons (Fsp3) is 0.457. The van der Waals surface area contributed by atoms with Crippen LogP contribution in [-0.4, -0.2) is 102 Å². The summed E-state index contributed by atoms with van der Waals surface area (Å²) in [6.45, 7) is 11.5. The molecule has 0 saturated carbocycles. The Morgan fingerprint density at radius 1 is 0.958 bits per heavy atom. The summed E-state index contributed by atoms with van der Waals surface area (Å²) in [6, 6.07) is 16.8. The topological polar surface area (TPSA) is 88.4 Å². The zero-order valence-corrected chi connectivity index (χ0v) is 29.2. The first-order chi connectivity index (χ1) is 23.6. The molecule has 3 aliphatic rings. The van der Waals surface area contributed by atoms with Gasteiger partial charge in [-0.25, -0.2) is 4.79 Å². The molecule has 4 aromatic rings. The summed E-state index contributed by atoms with van der Waals surface area (Å²) >= 11 is 0. The van der Waals surface area contributed by atoms with E-state index in [1.807, 2.05) is 30.3 Å². The van der Waals surface area contributed by atoms with Crippen molar-refractivity contribution in [1.29, 1.82) is 0 Å². The van der Waals surface area contributed by atoms with E-state index in [0.29, 0.717) is 45.3 Å². The number of carbonyl (C=O) groups is 1. The van der Waals surface area contributed by atoms with Crippen molar-refractivity contribution in [3.8, 4) is 6.01 Å². The predicted molar refractivity (Wildman–Crippen MR) is 192 cm³/mol. The van der Waals surface area contributed by atoms with Gasteiger partial charge in [-0.1, -0.05) is 30.3 Å². The van der Waals surface area contributed by atoms with Crippen molar-refractivity contribution in [2.45, 2.75) is 32.9 Å². The molecular formula is C35H43N7O4PS-. The molecule has 5 heterocycles. The van der Waals surface area contributed by atoms with E-state index in [1.54, 1.807) is 4.90 Å². The second-order valence-corrected chi connectivity index (χ2v) is 13.7. The van der Waals surface area contributed by atoms with E-state index < -0.39 is 0 Å². The van der Waals surface area contributed by atoms with Gasteiger partial charge in [0.25, 0.3) is 0 Å². The number of aromatic nitrogens is 3. The first-order valence-electron chi connectivity index (χ1n) is 16.8. The number of ether oxygens (including phenoxy) is 3. The van der Waals surface area contributed by atoms with Crippen molar-refractivity contribution in [1.82, 2.24) is 23.7 Å². The van der Waals surface area contributed by atoms with E-state index in [1.165, 1.54) is 27.7 Å². The first-order valence-corrected chi connectivity index (χ1v) is 18.8. The van der Waals surface area contributed by atoms with E-state index in [2.05, 4.69) is 57.8 Å². The second kappa shape index (κ2) is 15.3. The van der Waals surface area contributed by atoms with E-state index >= 15 is 0 Å². The first kappa shape index (κ1) is 33.0. The minimum atomic E-state index is -0.279. The molecule has 7 rings (SSSR count). The fourth-order valence-corrected chi connectivity index (χ4v) is 7.75. The Morgan fingerprint density at radius 3 is 2.56 bits per heavy atom. The molecule has 1 amide bonds.